The minimum absolute atomic E-state index is 0.450. The van der Waals surface area contributed by atoms with Crippen molar-refractivity contribution >= 4 is 0 Å². The summed E-state index contributed by atoms with van der Waals surface area (Å²) >= 11 is 0. The van der Waals surface area contributed by atoms with E-state index in [0.717, 1.165) is 19.6 Å². The summed E-state index contributed by atoms with van der Waals surface area (Å²) in [6, 6.07) is 0.613. The molecule has 0 radical (unpaired) electrons. The fourth-order valence-electron chi connectivity index (χ4n) is 1.16. The van der Waals surface area contributed by atoms with Crippen molar-refractivity contribution in [3.8, 4) is 0 Å². The number of hydrogen-bond donors (Lipinski definition) is 2. The Kier molecular flexibility index (Phi) is 7.20. The van der Waals surface area contributed by atoms with Gasteiger partial charge in [-0.2, -0.15) is 0 Å². The van der Waals surface area contributed by atoms with Crippen LogP contribution in [0.4, 0.5) is 0 Å². The first-order valence-electron chi connectivity index (χ1n) is 5.92. The first-order valence-corrected chi connectivity index (χ1v) is 5.92. The van der Waals surface area contributed by atoms with E-state index in [4.69, 9.17) is 0 Å². The van der Waals surface area contributed by atoms with Gasteiger partial charge in [0.1, 0.15) is 0 Å². The van der Waals surface area contributed by atoms with Gasteiger partial charge in [-0.3, -0.25) is 0 Å². The summed E-state index contributed by atoms with van der Waals surface area (Å²) in [5.41, 5.74) is 0.450. The maximum Gasteiger partial charge on any atom is 0.00103 e. The van der Waals surface area contributed by atoms with E-state index >= 15 is 0 Å². The average Bonchev–Trinajstić information content (AvgIpc) is 2.10. The van der Waals surface area contributed by atoms with Crippen LogP contribution in [0.2, 0.25) is 0 Å². The fraction of sp³-hybridized carbons (Fsp3) is 1.00. The third-order valence-electron chi connectivity index (χ3n) is 2.64. The molecule has 0 heterocycles. The fourth-order valence-corrected chi connectivity index (χ4v) is 1.16. The SMILES string of the molecule is CCC(C)(C)CNCCCNC(C)C. The van der Waals surface area contributed by atoms with Gasteiger partial charge in [0.15, 0.2) is 0 Å². The lowest BCUT2D eigenvalue weighted by Gasteiger charge is -2.23. The van der Waals surface area contributed by atoms with E-state index in [9.17, 15) is 0 Å². The van der Waals surface area contributed by atoms with Crippen LogP contribution < -0.4 is 10.6 Å². The molecule has 0 rings (SSSR count). The molecule has 0 aromatic heterocycles. The number of nitrogens with one attached hydrogen (secondary N) is 2. The van der Waals surface area contributed by atoms with Gasteiger partial charge in [0.2, 0.25) is 0 Å². The van der Waals surface area contributed by atoms with Gasteiger partial charge < -0.3 is 10.6 Å². The molecule has 2 nitrogen and oxygen atoms in total. The molecule has 0 aliphatic heterocycles. The molecule has 0 unspecified atom stereocenters. The van der Waals surface area contributed by atoms with Crippen LogP contribution in [0.5, 0.6) is 0 Å². The summed E-state index contributed by atoms with van der Waals surface area (Å²) < 4.78 is 0. The highest BCUT2D eigenvalue weighted by Crippen LogP contribution is 2.17. The standard InChI is InChI=1S/C12H28N2/c1-6-12(4,5)10-13-8-7-9-14-11(2)3/h11,13-14H,6-10H2,1-5H3. The van der Waals surface area contributed by atoms with Crippen LogP contribution in [-0.4, -0.2) is 25.7 Å². The van der Waals surface area contributed by atoms with E-state index in [-0.39, 0.29) is 0 Å². The van der Waals surface area contributed by atoms with Crippen molar-refractivity contribution < 1.29 is 0 Å². The summed E-state index contributed by atoms with van der Waals surface area (Å²) in [4.78, 5) is 0. The lowest BCUT2D eigenvalue weighted by Crippen LogP contribution is -2.32. The molecule has 0 bridgehead atoms. The number of hydrogen-bond acceptors (Lipinski definition) is 2. The van der Waals surface area contributed by atoms with Crippen molar-refractivity contribution in [1.82, 2.24) is 10.6 Å². The summed E-state index contributed by atoms with van der Waals surface area (Å²) in [7, 11) is 0. The van der Waals surface area contributed by atoms with Gasteiger partial charge in [0.05, 0.1) is 0 Å². The number of rotatable bonds is 8. The topological polar surface area (TPSA) is 24.1 Å². The summed E-state index contributed by atoms with van der Waals surface area (Å²) in [6.45, 7) is 14.6. The van der Waals surface area contributed by atoms with Gasteiger partial charge in [-0.25, -0.2) is 0 Å². The van der Waals surface area contributed by atoms with Crippen molar-refractivity contribution in [1.29, 1.82) is 0 Å². The Hall–Kier alpha value is -0.0800. The first-order chi connectivity index (χ1) is 6.48. The Bertz CT molecular complexity index is 130. The van der Waals surface area contributed by atoms with Crippen LogP contribution in [0.15, 0.2) is 0 Å². The molecular weight excluding hydrogens is 172 g/mol. The molecule has 2 N–H and O–H groups in total. The van der Waals surface area contributed by atoms with Gasteiger partial charge >= 0.3 is 0 Å². The molecule has 0 atom stereocenters. The van der Waals surface area contributed by atoms with Gasteiger partial charge in [-0.15, -0.1) is 0 Å². The van der Waals surface area contributed by atoms with E-state index in [1.807, 2.05) is 0 Å². The summed E-state index contributed by atoms with van der Waals surface area (Å²) in [5, 5.41) is 6.93. The molecule has 0 aliphatic carbocycles. The van der Waals surface area contributed by atoms with E-state index in [1.165, 1.54) is 12.8 Å². The lowest BCUT2D eigenvalue weighted by atomic mass is 9.90. The third kappa shape index (κ3) is 8.52. The first kappa shape index (κ1) is 13.9. The second kappa shape index (κ2) is 7.24. The van der Waals surface area contributed by atoms with Crippen LogP contribution in [0.1, 0.15) is 47.5 Å². The molecule has 0 amide bonds. The highest BCUT2D eigenvalue weighted by Gasteiger charge is 2.13. The molecular formula is C12H28N2. The maximum atomic E-state index is 3.51. The monoisotopic (exact) mass is 200 g/mol. The molecule has 0 fully saturated rings. The minimum Gasteiger partial charge on any atom is -0.316 e. The Balaban J connectivity index is 3.21. The van der Waals surface area contributed by atoms with Crippen LogP contribution >= 0.6 is 0 Å². The molecule has 0 aromatic carbocycles. The largest absolute Gasteiger partial charge is 0.316 e. The molecule has 2 heteroatoms. The zero-order valence-electron chi connectivity index (χ0n) is 10.6. The second-order valence-electron chi connectivity index (χ2n) is 5.16. The van der Waals surface area contributed by atoms with E-state index in [1.54, 1.807) is 0 Å². The molecule has 0 spiro atoms. The Morgan fingerprint density at radius 3 is 2.29 bits per heavy atom. The van der Waals surface area contributed by atoms with E-state index in [2.05, 4.69) is 45.3 Å². The lowest BCUT2D eigenvalue weighted by molar-refractivity contribution is 0.327. The van der Waals surface area contributed by atoms with E-state index in [0.29, 0.717) is 11.5 Å². The normalized spacial score (nSPS) is 12.4. The summed E-state index contributed by atoms with van der Waals surface area (Å²) in [6.07, 6.45) is 2.46. The quantitative estimate of drug-likeness (QED) is 0.588. The Morgan fingerprint density at radius 2 is 1.79 bits per heavy atom. The Labute approximate surface area is 89.9 Å². The van der Waals surface area contributed by atoms with Gasteiger partial charge in [0.25, 0.3) is 0 Å². The highest BCUT2D eigenvalue weighted by molar-refractivity contribution is 4.69. The van der Waals surface area contributed by atoms with Crippen molar-refractivity contribution in [3.63, 3.8) is 0 Å². The molecule has 14 heavy (non-hydrogen) atoms. The minimum atomic E-state index is 0.450. The highest BCUT2D eigenvalue weighted by atomic mass is 14.9. The van der Waals surface area contributed by atoms with E-state index < -0.39 is 0 Å². The third-order valence-corrected chi connectivity index (χ3v) is 2.64. The van der Waals surface area contributed by atoms with Crippen LogP contribution in [0, 0.1) is 5.41 Å². The molecule has 0 aromatic rings. The Morgan fingerprint density at radius 1 is 1.14 bits per heavy atom. The smallest absolute Gasteiger partial charge is 0.00103 e. The van der Waals surface area contributed by atoms with Crippen molar-refractivity contribution in [2.24, 2.45) is 5.41 Å². The predicted molar refractivity (Wildman–Crippen MR) is 64.7 cm³/mol. The zero-order chi connectivity index (χ0) is 11.0. The van der Waals surface area contributed by atoms with Crippen LogP contribution in [-0.2, 0) is 0 Å². The average molecular weight is 200 g/mol. The molecule has 0 aliphatic rings. The van der Waals surface area contributed by atoms with Gasteiger partial charge in [-0.1, -0.05) is 34.6 Å². The maximum absolute atomic E-state index is 3.51. The van der Waals surface area contributed by atoms with Crippen LogP contribution in [0.25, 0.3) is 0 Å². The van der Waals surface area contributed by atoms with Gasteiger partial charge in [-0.05, 0) is 31.3 Å². The van der Waals surface area contributed by atoms with Crippen LogP contribution in [0.3, 0.4) is 0 Å². The zero-order valence-corrected chi connectivity index (χ0v) is 10.6. The second-order valence-corrected chi connectivity index (χ2v) is 5.16. The molecule has 0 saturated heterocycles. The van der Waals surface area contributed by atoms with Crippen molar-refractivity contribution in [3.05, 3.63) is 0 Å². The van der Waals surface area contributed by atoms with Crippen molar-refractivity contribution in [2.75, 3.05) is 19.6 Å². The molecule has 0 saturated carbocycles. The summed E-state index contributed by atoms with van der Waals surface area (Å²) in [5.74, 6) is 0. The van der Waals surface area contributed by atoms with Crippen molar-refractivity contribution in [2.45, 2.75) is 53.5 Å². The molecule has 86 valence electrons. The van der Waals surface area contributed by atoms with Gasteiger partial charge in [0, 0.05) is 12.6 Å². The predicted octanol–water partition coefficient (Wildman–Crippen LogP) is 2.40.